The highest BCUT2D eigenvalue weighted by atomic mass is 32.2. The van der Waals surface area contributed by atoms with E-state index in [2.05, 4.69) is 15.6 Å². The van der Waals surface area contributed by atoms with Gasteiger partial charge in [0.05, 0.1) is 9.71 Å². The Morgan fingerprint density at radius 2 is 2.20 bits per heavy atom. The number of rotatable bonds is 3. The van der Waals surface area contributed by atoms with E-state index in [0.29, 0.717) is 0 Å². The van der Waals surface area contributed by atoms with E-state index in [4.69, 9.17) is 11.7 Å². The van der Waals surface area contributed by atoms with Gasteiger partial charge in [0.1, 0.15) is 5.69 Å². The lowest BCUT2D eigenvalue weighted by molar-refractivity contribution is -0.141. The third-order valence-electron chi connectivity index (χ3n) is 2.35. The van der Waals surface area contributed by atoms with Crippen molar-refractivity contribution in [2.45, 2.75) is 12.6 Å². The number of nitriles is 1. The smallest absolute Gasteiger partial charge is 0.251 e. The van der Waals surface area contributed by atoms with Gasteiger partial charge in [-0.2, -0.15) is 18.4 Å². The van der Waals surface area contributed by atoms with Crippen molar-refractivity contribution in [2.24, 2.45) is 0 Å². The second-order valence-corrected chi connectivity index (χ2v) is 6.18. The average molecular weight is 301 g/mol. The van der Waals surface area contributed by atoms with Crippen molar-refractivity contribution < 1.29 is 17.4 Å². The predicted molar refractivity (Wildman–Crippen MR) is 69.6 cm³/mol. The lowest BCUT2D eigenvalue weighted by atomic mass is 10.1. The molecule has 0 saturated carbocycles. The minimum atomic E-state index is -4.55. The molecule has 106 valence electrons. The van der Waals surface area contributed by atoms with Crippen LogP contribution in [0.2, 0.25) is 0 Å². The van der Waals surface area contributed by atoms with Gasteiger partial charge >= 0.3 is 6.18 Å². The van der Waals surface area contributed by atoms with E-state index in [1.165, 1.54) is 12.4 Å². The molecule has 1 aromatic heterocycles. The fourth-order valence-electron chi connectivity index (χ4n) is 1.43. The first-order chi connectivity index (χ1) is 9.22. The number of halogens is 3. The number of alkyl halides is 3. The van der Waals surface area contributed by atoms with Gasteiger partial charge < -0.3 is 0 Å². The molecule has 1 atom stereocenters. The molecule has 4 nitrogen and oxygen atoms in total. The highest BCUT2D eigenvalue weighted by Gasteiger charge is 2.32. The largest absolute Gasteiger partial charge is 0.433 e. The summed E-state index contributed by atoms with van der Waals surface area (Å²) in [6.45, 7) is 0. The van der Waals surface area contributed by atoms with E-state index in [-0.39, 0.29) is 16.8 Å². The summed E-state index contributed by atoms with van der Waals surface area (Å²) in [6.07, 6.45) is 4.26. The van der Waals surface area contributed by atoms with Crippen LogP contribution in [0.1, 0.15) is 17.7 Å². The van der Waals surface area contributed by atoms with Crippen LogP contribution >= 0.6 is 0 Å². The summed E-state index contributed by atoms with van der Waals surface area (Å²) in [5.41, 5.74) is -0.858. The number of pyridine rings is 1. The van der Waals surface area contributed by atoms with Gasteiger partial charge in [-0.05, 0) is 6.07 Å². The highest BCUT2D eigenvalue weighted by Crippen LogP contribution is 2.27. The average Bonchev–Trinajstić information content (AvgIpc) is 2.35. The van der Waals surface area contributed by atoms with Gasteiger partial charge in [-0.25, -0.2) is 8.93 Å². The normalized spacial score (nSPS) is 13.7. The minimum Gasteiger partial charge on any atom is -0.251 e. The van der Waals surface area contributed by atoms with Gasteiger partial charge in [0.25, 0.3) is 0 Å². The van der Waals surface area contributed by atoms with Crippen LogP contribution in [0.3, 0.4) is 0 Å². The Balaban J connectivity index is 3.37. The van der Waals surface area contributed by atoms with Crippen LogP contribution in [0.25, 0.3) is 0 Å². The van der Waals surface area contributed by atoms with E-state index >= 15 is 0 Å². The minimum absolute atomic E-state index is 0.0724. The molecule has 20 heavy (non-hydrogen) atoms. The van der Waals surface area contributed by atoms with Crippen LogP contribution in [0.15, 0.2) is 18.3 Å². The molecule has 0 aliphatic carbocycles. The third kappa shape index (κ3) is 3.65. The number of aromatic nitrogens is 1. The Morgan fingerprint density at radius 1 is 1.55 bits per heavy atom. The van der Waals surface area contributed by atoms with Crippen LogP contribution in [0.5, 0.6) is 0 Å². The number of hydrogen-bond acceptors (Lipinski definition) is 3. The molecule has 0 amide bonds. The Bertz CT molecular complexity index is 687. The monoisotopic (exact) mass is 301 g/mol. The molecule has 0 spiro atoms. The molecule has 0 aliphatic rings. The molecule has 1 unspecified atom stereocenters. The Labute approximate surface area is 114 Å². The van der Waals surface area contributed by atoms with Crippen molar-refractivity contribution >= 4 is 14.6 Å². The maximum Gasteiger partial charge on any atom is 0.433 e. The molecule has 0 fully saturated rings. The van der Waals surface area contributed by atoms with E-state index in [9.17, 15) is 17.4 Å². The van der Waals surface area contributed by atoms with Gasteiger partial charge in [0, 0.05) is 29.3 Å². The van der Waals surface area contributed by atoms with Crippen LogP contribution in [-0.4, -0.2) is 20.3 Å². The van der Waals surface area contributed by atoms with E-state index in [1.807, 2.05) is 0 Å². The molecule has 1 heterocycles. The summed E-state index contributed by atoms with van der Waals surface area (Å²) in [6, 6.07) is 1.90. The first-order valence-corrected chi connectivity index (χ1v) is 7.17. The molecular weight excluding hydrogens is 291 g/mol. The predicted octanol–water partition coefficient (Wildman–Crippen LogP) is 1.54. The summed E-state index contributed by atoms with van der Waals surface area (Å²) in [5.74, 6) is 2.26. The second kappa shape index (κ2) is 5.85. The van der Waals surface area contributed by atoms with Crippen LogP contribution in [0, 0.1) is 23.8 Å². The topological polar surface area (TPSA) is 65.8 Å². The molecule has 0 bridgehead atoms. The molecule has 0 saturated heterocycles. The number of hydrogen-bond donors (Lipinski definition) is 1. The fourth-order valence-corrected chi connectivity index (χ4v) is 2.66. The first kappa shape index (κ1) is 15.9. The van der Waals surface area contributed by atoms with Gasteiger partial charge in [0.15, 0.2) is 6.19 Å². The molecule has 1 aromatic rings. The molecule has 1 N–H and O–H groups in total. The molecule has 1 rings (SSSR count). The highest BCUT2D eigenvalue weighted by molar-refractivity contribution is 8.00. The van der Waals surface area contributed by atoms with Gasteiger partial charge in [-0.15, -0.1) is 12.3 Å². The molecule has 8 heteroatoms. The van der Waals surface area contributed by atoms with Gasteiger partial charge in [-0.3, -0.25) is 4.98 Å². The van der Waals surface area contributed by atoms with Crippen molar-refractivity contribution in [3.8, 4) is 18.5 Å². The first-order valence-electron chi connectivity index (χ1n) is 5.20. The summed E-state index contributed by atoms with van der Waals surface area (Å²) in [7, 11) is -2.94. The Hall–Kier alpha value is -2.19. The lowest BCUT2D eigenvalue weighted by Crippen LogP contribution is -2.26. The van der Waals surface area contributed by atoms with Crippen LogP contribution < -0.4 is 4.72 Å². The summed E-state index contributed by atoms with van der Waals surface area (Å²) in [4.78, 5) is 3.43. The summed E-state index contributed by atoms with van der Waals surface area (Å²) < 4.78 is 51.6. The van der Waals surface area contributed by atoms with E-state index < -0.39 is 21.6 Å². The van der Waals surface area contributed by atoms with Crippen LogP contribution in [0.4, 0.5) is 13.2 Å². The quantitative estimate of drug-likeness (QED) is 0.303. The van der Waals surface area contributed by atoms with Crippen LogP contribution in [-0.2, 0) is 15.9 Å². The summed E-state index contributed by atoms with van der Waals surface area (Å²) in [5, 5.41) is 8.55. The number of nitrogens with one attached hydrogen (secondary N) is 1. The molecule has 0 radical (unpaired) electrons. The molecule has 0 aromatic carbocycles. The number of nitrogens with zero attached hydrogens (tertiary/aromatic N) is 2. The Kier molecular flexibility index (Phi) is 4.64. The zero-order chi connectivity index (χ0) is 15.4. The maximum atomic E-state index is 12.4. The third-order valence-corrected chi connectivity index (χ3v) is 4.15. The zero-order valence-electron chi connectivity index (χ0n) is 10.4. The second-order valence-electron chi connectivity index (χ2n) is 3.79. The van der Waals surface area contributed by atoms with Gasteiger partial charge in [-0.1, -0.05) is 6.07 Å². The number of terminal acetylenes is 1. The van der Waals surface area contributed by atoms with Crippen molar-refractivity contribution in [1.82, 2.24) is 9.71 Å². The van der Waals surface area contributed by atoms with Crippen molar-refractivity contribution in [1.29, 1.82) is 5.26 Å². The summed E-state index contributed by atoms with van der Waals surface area (Å²) >= 11 is 0. The lowest BCUT2D eigenvalue weighted by Gasteiger charge is -2.12. The Morgan fingerprint density at radius 3 is 2.60 bits per heavy atom. The standard InChI is InChI=1S/C12H10F3N3OS/c1-3-4-10(20(2,19)18-8-16)9-5-6-11(17-7-9)12(13,14)15/h1,5-7H,4H2,2H3,(H,18,19). The molecule has 0 aliphatic heterocycles. The van der Waals surface area contributed by atoms with Gasteiger partial charge in [0.2, 0.25) is 0 Å². The van der Waals surface area contributed by atoms with Crippen molar-refractivity contribution in [3.63, 3.8) is 0 Å². The van der Waals surface area contributed by atoms with E-state index in [1.54, 1.807) is 0 Å². The van der Waals surface area contributed by atoms with E-state index in [0.717, 1.165) is 18.3 Å². The van der Waals surface area contributed by atoms with Crippen molar-refractivity contribution in [3.05, 3.63) is 29.6 Å². The molecular formula is C12H10F3N3OS. The van der Waals surface area contributed by atoms with Crippen molar-refractivity contribution in [2.75, 3.05) is 6.26 Å². The zero-order valence-corrected chi connectivity index (χ0v) is 11.2. The maximum absolute atomic E-state index is 12.4. The SMILES string of the molecule is C#CCC(c1ccc(C(F)(F)F)nc1)=S(C)(=O)NC#N. The fraction of sp³-hybridized carbons (Fsp3) is 0.250.